The van der Waals surface area contributed by atoms with Crippen molar-refractivity contribution in [2.75, 3.05) is 12.3 Å². The number of anilines is 1. The van der Waals surface area contributed by atoms with Crippen LogP contribution >= 0.6 is 0 Å². The maximum Gasteiger partial charge on any atom is 0.193 e. The number of Topliss-reactive ketones (excluding diaryl/α,β-unsaturated/α-hetero) is 1. The van der Waals surface area contributed by atoms with Crippen molar-refractivity contribution in [2.45, 2.75) is 75.5 Å². The summed E-state index contributed by atoms with van der Waals surface area (Å²) in [5.41, 5.74) is 2.67. The third-order valence-electron chi connectivity index (χ3n) is 11.5. The lowest BCUT2D eigenvalue weighted by Crippen LogP contribution is -2.70. The first kappa shape index (κ1) is 29.5. The van der Waals surface area contributed by atoms with Crippen molar-refractivity contribution < 1.29 is 38.1 Å². The Bertz CT molecular complexity index is 1610. The van der Waals surface area contributed by atoms with Gasteiger partial charge in [0.15, 0.2) is 29.1 Å². The van der Waals surface area contributed by atoms with Gasteiger partial charge in [-0.25, -0.2) is 8.78 Å². The Balaban J connectivity index is 1.24. The van der Waals surface area contributed by atoms with Crippen LogP contribution in [0.1, 0.15) is 56.1 Å². The van der Waals surface area contributed by atoms with E-state index >= 15 is 8.78 Å². The molecule has 4 aliphatic carbocycles. The molecule has 232 valence electrons. The molecule has 0 amide bonds. The lowest BCUT2D eigenvalue weighted by atomic mass is 9.44. The maximum atomic E-state index is 17.6. The third kappa shape index (κ3) is 3.79. The van der Waals surface area contributed by atoms with Gasteiger partial charge in [0.2, 0.25) is 0 Å². The molecule has 0 spiro atoms. The van der Waals surface area contributed by atoms with Crippen LogP contribution in [0.5, 0.6) is 0 Å². The molecule has 44 heavy (non-hydrogen) atoms. The topological polar surface area (TPSA) is 119 Å². The molecule has 7 rings (SSSR count). The number of rotatable bonds is 5. The number of hydrogen-bond donors (Lipinski definition) is 3. The zero-order valence-corrected chi connectivity index (χ0v) is 24.7. The van der Waals surface area contributed by atoms with Crippen molar-refractivity contribution >= 4 is 17.3 Å². The number of allylic oxidation sites excluding steroid dienone is 4. The second-order valence-corrected chi connectivity index (χ2v) is 13.7. The van der Waals surface area contributed by atoms with E-state index < -0.39 is 76.8 Å². The monoisotopic (exact) mass is 605 g/mol. The first-order valence-electron chi connectivity index (χ1n) is 15.2. The second-order valence-electron chi connectivity index (χ2n) is 13.7. The molecule has 4 N–H and O–H groups in total. The normalized spacial score (nSPS) is 42.2. The van der Waals surface area contributed by atoms with Gasteiger partial charge in [0.25, 0.3) is 0 Å². The standard InChI is InChI=1S/C35H37F2NO6/c1-32-10-9-23(40)14-26(32)27(36)15-25-24-16-30-35(29(42)18-39,33(24,2)17-28(41)34(25,32)37)44-31(43-30)21-7-3-5-19(12-21)11-20-6-4-8-22(38)13-20/h3-10,12-14,24-25,27-28,30-31,39,41H,11,15-18,38H2,1-2H3/t24-,25-,27-,28-,30+,31+,32-,33-,34-,35+/m0/s1. The van der Waals surface area contributed by atoms with Gasteiger partial charge in [-0.15, -0.1) is 0 Å². The summed E-state index contributed by atoms with van der Waals surface area (Å²) in [6.07, 6.45) is -0.820. The molecule has 1 aliphatic heterocycles. The Morgan fingerprint density at radius 1 is 1.09 bits per heavy atom. The van der Waals surface area contributed by atoms with E-state index in [-0.39, 0.29) is 24.8 Å². The first-order chi connectivity index (χ1) is 20.9. The first-order valence-corrected chi connectivity index (χ1v) is 15.2. The summed E-state index contributed by atoms with van der Waals surface area (Å²) < 4.78 is 46.4. The van der Waals surface area contributed by atoms with Crippen LogP contribution in [0.2, 0.25) is 0 Å². The molecule has 9 heteroatoms. The third-order valence-corrected chi connectivity index (χ3v) is 11.5. The van der Waals surface area contributed by atoms with Gasteiger partial charge >= 0.3 is 0 Å². The lowest BCUT2D eigenvalue weighted by molar-refractivity contribution is -0.235. The lowest BCUT2D eigenvalue weighted by Gasteiger charge is -2.63. The average molecular weight is 606 g/mol. The van der Waals surface area contributed by atoms with E-state index in [4.69, 9.17) is 15.2 Å². The van der Waals surface area contributed by atoms with E-state index in [2.05, 4.69) is 0 Å². The van der Waals surface area contributed by atoms with Crippen molar-refractivity contribution in [1.82, 2.24) is 0 Å². The maximum absolute atomic E-state index is 17.6. The minimum atomic E-state index is -2.29. The van der Waals surface area contributed by atoms with Crippen molar-refractivity contribution in [1.29, 1.82) is 0 Å². The number of aliphatic hydroxyl groups is 2. The number of aliphatic hydroxyl groups excluding tert-OH is 2. The number of nitrogens with two attached hydrogens (primary N) is 1. The Hall–Kier alpha value is -3.24. The predicted molar refractivity (Wildman–Crippen MR) is 158 cm³/mol. The van der Waals surface area contributed by atoms with Crippen LogP contribution in [-0.4, -0.2) is 58.0 Å². The van der Waals surface area contributed by atoms with Crippen molar-refractivity contribution in [3.05, 3.63) is 89.0 Å². The molecule has 0 unspecified atom stereocenters. The number of benzene rings is 2. The molecule has 2 aromatic rings. The van der Waals surface area contributed by atoms with Crippen molar-refractivity contribution in [2.24, 2.45) is 22.7 Å². The van der Waals surface area contributed by atoms with E-state index in [0.717, 1.165) is 17.2 Å². The van der Waals surface area contributed by atoms with Gasteiger partial charge < -0.3 is 25.4 Å². The molecule has 3 saturated carbocycles. The largest absolute Gasteiger partial charge is 0.399 e. The highest BCUT2D eigenvalue weighted by Gasteiger charge is 2.80. The van der Waals surface area contributed by atoms with Gasteiger partial charge in [0.05, 0.1) is 12.2 Å². The predicted octanol–water partition coefficient (Wildman–Crippen LogP) is 4.50. The number of fused-ring (bicyclic) bond motifs is 7. The van der Waals surface area contributed by atoms with E-state index in [0.29, 0.717) is 17.7 Å². The minimum absolute atomic E-state index is 0.0383. The molecule has 0 bridgehead atoms. The Morgan fingerprint density at radius 2 is 1.82 bits per heavy atom. The summed E-state index contributed by atoms with van der Waals surface area (Å²) in [4.78, 5) is 25.9. The molecule has 0 aromatic heterocycles. The SMILES string of the molecule is C[C@]12C=CC(=O)C=C1[C@@H](F)C[C@H]1[C@@H]3C[C@H]4O[C@@H](c5cccc(Cc6cccc(N)c6)c5)O[C@@]4(C(=O)CO)[C@@]3(C)C[C@H](O)[C@@]12F. The summed E-state index contributed by atoms with van der Waals surface area (Å²) in [7, 11) is 0. The molecule has 7 nitrogen and oxygen atoms in total. The van der Waals surface area contributed by atoms with Gasteiger partial charge in [-0.05, 0) is 79.5 Å². The fourth-order valence-electron chi connectivity index (χ4n) is 9.50. The van der Waals surface area contributed by atoms with E-state index in [1.54, 1.807) is 6.92 Å². The number of carbonyl (C=O) groups is 2. The summed E-state index contributed by atoms with van der Waals surface area (Å²) in [5.74, 6) is -2.61. The highest BCUT2D eigenvalue weighted by molar-refractivity contribution is 6.01. The fraction of sp³-hybridized carbons (Fsp3) is 0.486. The Kier molecular flexibility index (Phi) is 6.62. The highest BCUT2D eigenvalue weighted by Crippen LogP contribution is 2.72. The zero-order valence-electron chi connectivity index (χ0n) is 24.7. The van der Waals surface area contributed by atoms with Gasteiger partial charge in [-0.3, -0.25) is 9.59 Å². The van der Waals surface area contributed by atoms with Crippen LogP contribution in [0.15, 0.2) is 72.3 Å². The van der Waals surface area contributed by atoms with Crippen molar-refractivity contribution in [3.8, 4) is 0 Å². The smallest absolute Gasteiger partial charge is 0.193 e. The van der Waals surface area contributed by atoms with E-state index in [1.165, 1.54) is 19.1 Å². The minimum Gasteiger partial charge on any atom is -0.399 e. The second kappa shape index (κ2) is 9.88. The average Bonchev–Trinajstić information content (AvgIpc) is 3.49. The summed E-state index contributed by atoms with van der Waals surface area (Å²) >= 11 is 0. The quantitative estimate of drug-likeness (QED) is 0.430. The fourth-order valence-corrected chi connectivity index (χ4v) is 9.50. The van der Waals surface area contributed by atoms with Crippen LogP contribution in [0, 0.1) is 22.7 Å². The van der Waals surface area contributed by atoms with E-state index in [9.17, 15) is 19.8 Å². The van der Waals surface area contributed by atoms with Crippen LogP contribution in [0.3, 0.4) is 0 Å². The molecule has 2 aromatic carbocycles. The van der Waals surface area contributed by atoms with Crippen LogP contribution < -0.4 is 5.73 Å². The number of nitrogen functional groups attached to an aromatic ring is 1. The summed E-state index contributed by atoms with van der Waals surface area (Å²) in [5, 5.41) is 21.9. The van der Waals surface area contributed by atoms with Gasteiger partial charge in [-0.2, -0.15) is 0 Å². The number of hydrogen-bond acceptors (Lipinski definition) is 7. The number of ether oxygens (including phenoxy) is 2. The van der Waals surface area contributed by atoms with Crippen LogP contribution in [0.25, 0.3) is 0 Å². The molecule has 0 radical (unpaired) electrons. The molecule has 1 heterocycles. The summed E-state index contributed by atoms with van der Waals surface area (Å²) in [6, 6.07) is 15.2. The molecule has 5 aliphatic rings. The van der Waals surface area contributed by atoms with Crippen molar-refractivity contribution in [3.63, 3.8) is 0 Å². The molecule has 4 fully saturated rings. The van der Waals surface area contributed by atoms with Gasteiger partial charge in [-0.1, -0.05) is 49.4 Å². The number of halogens is 2. The zero-order chi connectivity index (χ0) is 31.2. The molecular formula is C35H37F2NO6. The molecule has 10 atom stereocenters. The molecule has 1 saturated heterocycles. The van der Waals surface area contributed by atoms with Gasteiger partial charge in [0, 0.05) is 28.0 Å². The molecular weight excluding hydrogens is 568 g/mol. The Morgan fingerprint density at radius 3 is 2.55 bits per heavy atom. The van der Waals surface area contributed by atoms with Gasteiger partial charge in [0.1, 0.15) is 12.8 Å². The van der Waals surface area contributed by atoms with Crippen LogP contribution in [-0.2, 0) is 25.5 Å². The van der Waals surface area contributed by atoms with Crippen LogP contribution in [0.4, 0.5) is 14.5 Å². The number of alkyl halides is 2. The number of ketones is 2. The highest BCUT2D eigenvalue weighted by atomic mass is 19.1. The summed E-state index contributed by atoms with van der Waals surface area (Å²) in [6.45, 7) is 2.49. The van der Waals surface area contributed by atoms with E-state index in [1.807, 2.05) is 48.5 Å². The number of carbonyl (C=O) groups excluding carboxylic acids is 2. The Labute approximate surface area is 254 Å².